The Morgan fingerprint density at radius 3 is 2.61 bits per heavy atom. The maximum Gasteiger partial charge on any atom is 0.330 e. The second-order valence-corrected chi connectivity index (χ2v) is 4.79. The molecule has 1 amide bonds. The number of aromatic nitrogens is 2. The molecule has 0 aliphatic carbocycles. The van der Waals surface area contributed by atoms with Gasteiger partial charge in [0.1, 0.15) is 6.73 Å². The van der Waals surface area contributed by atoms with Crippen LogP contribution in [-0.4, -0.2) is 33.8 Å². The van der Waals surface area contributed by atoms with Gasteiger partial charge in [0, 0.05) is 18.8 Å². The molecule has 1 aromatic heterocycles. The fraction of sp³-hybridized carbons (Fsp3) is 0.267. The van der Waals surface area contributed by atoms with Crippen molar-refractivity contribution in [1.29, 1.82) is 0 Å². The van der Waals surface area contributed by atoms with E-state index in [0.717, 1.165) is 0 Å². The lowest BCUT2D eigenvalue weighted by Crippen LogP contribution is -2.31. The molecule has 23 heavy (non-hydrogen) atoms. The Labute approximate surface area is 131 Å². The van der Waals surface area contributed by atoms with Crippen molar-refractivity contribution < 1.29 is 14.6 Å². The van der Waals surface area contributed by atoms with Crippen LogP contribution >= 0.6 is 0 Å². The summed E-state index contributed by atoms with van der Waals surface area (Å²) >= 11 is 0. The molecule has 0 spiro atoms. The van der Waals surface area contributed by atoms with Crippen molar-refractivity contribution in [2.45, 2.75) is 13.7 Å². The highest BCUT2D eigenvalue weighted by molar-refractivity contribution is 5.88. The topological polar surface area (TPSA) is 113 Å². The van der Waals surface area contributed by atoms with E-state index in [1.54, 1.807) is 24.3 Å². The first-order valence-corrected chi connectivity index (χ1v) is 6.91. The minimum absolute atomic E-state index is 0.0762. The first-order chi connectivity index (χ1) is 11.0. The van der Waals surface area contributed by atoms with Crippen LogP contribution in [0.3, 0.4) is 0 Å². The fourth-order valence-electron chi connectivity index (χ4n) is 1.97. The summed E-state index contributed by atoms with van der Waals surface area (Å²) in [4.78, 5) is 36.9. The number of H-pyrrole nitrogens is 1. The highest BCUT2D eigenvalue weighted by Gasteiger charge is 2.08. The molecule has 0 aliphatic heterocycles. The molecule has 2 rings (SSSR count). The van der Waals surface area contributed by atoms with E-state index in [1.807, 2.05) is 0 Å². The molecule has 0 atom stereocenters. The molecule has 1 aromatic carbocycles. The average Bonchev–Trinajstić information content (AvgIpc) is 2.50. The van der Waals surface area contributed by atoms with Gasteiger partial charge in [-0.2, -0.15) is 0 Å². The van der Waals surface area contributed by atoms with Crippen LogP contribution in [0.25, 0.3) is 11.1 Å². The number of nitrogens with zero attached hydrogens (tertiary/aromatic N) is 1. The Hall–Kier alpha value is -2.71. The summed E-state index contributed by atoms with van der Waals surface area (Å²) in [6, 6.07) is 6.65. The molecule has 8 heteroatoms. The van der Waals surface area contributed by atoms with Crippen LogP contribution in [0.1, 0.15) is 6.92 Å². The van der Waals surface area contributed by atoms with Crippen LogP contribution in [0.2, 0.25) is 0 Å². The Morgan fingerprint density at radius 2 is 2.00 bits per heavy atom. The minimum Gasteiger partial charge on any atom is -0.394 e. The van der Waals surface area contributed by atoms with E-state index in [2.05, 4.69) is 10.3 Å². The predicted octanol–water partition coefficient (Wildman–Crippen LogP) is 0.128. The number of carbonyl (C=O) groups is 1. The van der Waals surface area contributed by atoms with Crippen molar-refractivity contribution in [3.8, 4) is 11.1 Å². The minimum atomic E-state index is -0.591. The van der Waals surface area contributed by atoms with E-state index in [0.29, 0.717) is 16.8 Å². The lowest BCUT2D eigenvalue weighted by molar-refractivity contribution is -0.114. The summed E-state index contributed by atoms with van der Waals surface area (Å²) in [7, 11) is 0. The van der Waals surface area contributed by atoms with Gasteiger partial charge in [-0.1, -0.05) is 12.1 Å². The van der Waals surface area contributed by atoms with Gasteiger partial charge in [-0.15, -0.1) is 0 Å². The predicted molar refractivity (Wildman–Crippen MR) is 84.1 cm³/mol. The number of aliphatic hydroxyl groups excluding tert-OH is 1. The van der Waals surface area contributed by atoms with Crippen LogP contribution in [0.4, 0.5) is 5.69 Å². The van der Waals surface area contributed by atoms with Crippen LogP contribution in [0.15, 0.2) is 40.1 Å². The molecule has 0 fully saturated rings. The van der Waals surface area contributed by atoms with Gasteiger partial charge in [-0.05, 0) is 17.7 Å². The van der Waals surface area contributed by atoms with Crippen LogP contribution in [-0.2, 0) is 16.3 Å². The van der Waals surface area contributed by atoms with E-state index in [4.69, 9.17) is 9.84 Å². The monoisotopic (exact) mass is 319 g/mol. The number of ether oxygens (including phenoxy) is 1. The molecular formula is C15H17N3O5. The number of aromatic amines is 1. The van der Waals surface area contributed by atoms with Crippen molar-refractivity contribution >= 4 is 11.6 Å². The summed E-state index contributed by atoms with van der Waals surface area (Å²) in [6.45, 7) is 1.26. The molecular weight excluding hydrogens is 302 g/mol. The lowest BCUT2D eigenvalue weighted by Gasteiger charge is -2.09. The summed E-state index contributed by atoms with van der Waals surface area (Å²) in [6.07, 6.45) is 1.39. The lowest BCUT2D eigenvalue weighted by atomic mass is 10.1. The number of hydrogen-bond acceptors (Lipinski definition) is 5. The van der Waals surface area contributed by atoms with Gasteiger partial charge in [0.25, 0.3) is 5.56 Å². The molecule has 0 unspecified atom stereocenters. The number of carbonyl (C=O) groups excluding carboxylic acids is 1. The molecule has 8 nitrogen and oxygen atoms in total. The van der Waals surface area contributed by atoms with E-state index in [1.165, 1.54) is 17.7 Å². The standard InChI is InChI=1S/C15H17N3O5/c1-10(20)16-12-4-2-11(3-5-12)13-8-18(9-23-7-6-19)15(22)17-14(13)21/h2-5,8,19H,6-7,9H2,1H3,(H,16,20)(H,17,21,22). The molecule has 3 N–H and O–H groups in total. The van der Waals surface area contributed by atoms with Gasteiger partial charge in [0.15, 0.2) is 0 Å². The summed E-state index contributed by atoms with van der Waals surface area (Å²) < 4.78 is 6.29. The molecule has 0 aliphatic rings. The number of aliphatic hydroxyl groups is 1. The first-order valence-electron chi connectivity index (χ1n) is 6.91. The average molecular weight is 319 g/mol. The summed E-state index contributed by atoms with van der Waals surface area (Å²) in [5.41, 5.74) is 0.396. The SMILES string of the molecule is CC(=O)Nc1ccc(-c2cn(COCCO)c(=O)[nH]c2=O)cc1. The number of rotatable bonds is 6. The maximum absolute atomic E-state index is 12.0. The van der Waals surface area contributed by atoms with Gasteiger partial charge in [0.2, 0.25) is 5.91 Å². The van der Waals surface area contributed by atoms with Crippen molar-refractivity contribution in [3.63, 3.8) is 0 Å². The van der Waals surface area contributed by atoms with Gasteiger partial charge >= 0.3 is 5.69 Å². The molecule has 0 saturated heterocycles. The molecule has 0 radical (unpaired) electrons. The van der Waals surface area contributed by atoms with Crippen molar-refractivity contribution in [2.75, 3.05) is 18.5 Å². The van der Waals surface area contributed by atoms with Crippen molar-refractivity contribution in [1.82, 2.24) is 9.55 Å². The van der Waals surface area contributed by atoms with Gasteiger partial charge in [0.05, 0.1) is 18.8 Å². The normalized spacial score (nSPS) is 10.5. The third kappa shape index (κ3) is 4.38. The Morgan fingerprint density at radius 1 is 1.30 bits per heavy atom. The van der Waals surface area contributed by atoms with Crippen molar-refractivity contribution in [2.24, 2.45) is 0 Å². The molecule has 122 valence electrons. The quantitative estimate of drug-likeness (QED) is 0.655. The number of anilines is 1. The highest BCUT2D eigenvalue weighted by Crippen LogP contribution is 2.17. The van der Waals surface area contributed by atoms with Crippen LogP contribution in [0.5, 0.6) is 0 Å². The Bertz CT molecular complexity index is 792. The van der Waals surface area contributed by atoms with Gasteiger partial charge < -0.3 is 15.2 Å². The zero-order chi connectivity index (χ0) is 16.8. The van der Waals surface area contributed by atoms with Crippen LogP contribution in [0, 0.1) is 0 Å². The number of hydrogen-bond donors (Lipinski definition) is 3. The summed E-state index contributed by atoms with van der Waals surface area (Å²) in [5.74, 6) is -0.190. The van der Waals surface area contributed by atoms with Gasteiger partial charge in [-0.3, -0.25) is 19.1 Å². The molecule has 0 saturated carbocycles. The Balaban J connectivity index is 2.31. The van der Waals surface area contributed by atoms with Crippen molar-refractivity contribution in [3.05, 3.63) is 51.3 Å². The molecule has 0 bridgehead atoms. The van der Waals surface area contributed by atoms with Gasteiger partial charge in [-0.25, -0.2) is 4.79 Å². The number of benzene rings is 1. The zero-order valence-corrected chi connectivity index (χ0v) is 12.5. The maximum atomic E-state index is 12.0. The summed E-state index contributed by atoms with van der Waals surface area (Å²) in [5, 5.41) is 11.3. The zero-order valence-electron chi connectivity index (χ0n) is 12.5. The smallest absolute Gasteiger partial charge is 0.330 e. The third-order valence-corrected chi connectivity index (χ3v) is 2.99. The highest BCUT2D eigenvalue weighted by atomic mass is 16.5. The molecule has 1 heterocycles. The largest absolute Gasteiger partial charge is 0.394 e. The van der Waals surface area contributed by atoms with E-state index in [9.17, 15) is 14.4 Å². The number of amides is 1. The molecule has 2 aromatic rings. The first kappa shape index (κ1) is 16.7. The van der Waals surface area contributed by atoms with E-state index in [-0.39, 0.29) is 25.9 Å². The van der Waals surface area contributed by atoms with E-state index >= 15 is 0 Å². The van der Waals surface area contributed by atoms with Crippen LogP contribution < -0.4 is 16.6 Å². The number of nitrogens with one attached hydrogen (secondary N) is 2. The fourth-order valence-corrected chi connectivity index (χ4v) is 1.97. The van der Waals surface area contributed by atoms with E-state index < -0.39 is 11.2 Å². The Kier molecular flexibility index (Phi) is 5.45. The third-order valence-electron chi connectivity index (χ3n) is 2.99. The second kappa shape index (κ2) is 7.52. The second-order valence-electron chi connectivity index (χ2n) is 4.79.